The number of ether oxygens (including phenoxy) is 1. The maximum absolute atomic E-state index is 11.2. The standard InChI is InChI=1S/C22H19BrO3/c23-20-14-18(22(24)25)11-12-19(20)21(13-16-7-3-1-4-8-16)26-15-17-9-5-2-6-10-17/h1-12,14,21H,13,15H2,(H,24,25). The quantitative estimate of drug-likeness (QED) is 0.547. The molecule has 3 rings (SSSR count). The summed E-state index contributed by atoms with van der Waals surface area (Å²) in [5.74, 6) is -0.943. The lowest BCUT2D eigenvalue weighted by atomic mass is 10.00. The number of hydrogen-bond donors (Lipinski definition) is 1. The van der Waals surface area contributed by atoms with Gasteiger partial charge in [0.25, 0.3) is 0 Å². The predicted octanol–water partition coefficient (Wildman–Crippen LogP) is 5.65. The minimum atomic E-state index is -0.943. The highest BCUT2D eigenvalue weighted by molar-refractivity contribution is 9.10. The zero-order valence-electron chi connectivity index (χ0n) is 14.1. The molecule has 132 valence electrons. The Morgan fingerprint density at radius 1 is 0.923 bits per heavy atom. The summed E-state index contributed by atoms with van der Waals surface area (Å²) in [6, 6.07) is 25.2. The summed E-state index contributed by atoms with van der Waals surface area (Å²) in [5.41, 5.74) is 3.46. The van der Waals surface area contributed by atoms with Crippen molar-refractivity contribution in [3.8, 4) is 0 Å². The lowest BCUT2D eigenvalue weighted by Crippen LogP contribution is -2.10. The Balaban J connectivity index is 1.85. The summed E-state index contributed by atoms with van der Waals surface area (Å²) in [5, 5.41) is 9.17. The molecule has 0 saturated carbocycles. The molecule has 0 bridgehead atoms. The normalized spacial score (nSPS) is 11.9. The topological polar surface area (TPSA) is 46.5 Å². The first-order valence-corrected chi connectivity index (χ1v) is 9.15. The van der Waals surface area contributed by atoms with Gasteiger partial charge in [-0.3, -0.25) is 0 Å². The second-order valence-electron chi connectivity index (χ2n) is 6.02. The molecule has 26 heavy (non-hydrogen) atoms. The smallest absolute Gasteiger partial charge is 0.335 e. The van der Waals surface area contributed by atoms with E-state index in [1.165, 1.54) is 5.56 Å². The van der Waals surface area contributed by atoms with Gasteiger partial charge in [0.05, 0.1) is 18.3 Å². The average molecular weight is 411 g/mol. The summed E-state index contributed by atoms with van der Waals surface area (Å²) in [4.78, 5) is 11.2. The molecule has 1 atom stereocenters. The first kappa shape index (κ1) is 18.4. The molecule has 0 fully saturated rings. The Morgan fingerprint density at radius 2 is 1.54 bits per heavy atom. The van der Waals surface area contributed by atoms with Gasteiger partial charge in [0, 0.05) is 10.9 Å². The average Bonchev–Trinajstić information content (AvgIpc) is 2.67. The Kier molecular flexibility index (Phi) is 6.21. The molecule has 0 radical (unpaired) electrons. The van der Waals surface area contributed by atoms with E-state index in [4.69, 9.17) is 4.74 Å². The van der Waals surface area contributed by atoms with E-state index in [-0.39, 0.29) is 11.7 Å². The van der Waals surface area contributed by atoms with Gasteiger partial charge in [-0.05, 0) is 28.8 Å². The molecular weight excluding hydrogens is 392 g/mol. The van der Waals surface area contributed by atoms with E-state index >= 15 is 0 Å². The summed E-state index contributed by atoms with van der Waals surface area (Å²) in [6.45, 7) is 0.492. The van der Waals surface area contributed by atoms with Crippen molar-refractivity contribution in [3.63, 3.8) is 0 Å². The molecule has 1 unspecified atom stereocenters. The molecule has 4 heteroatoms. The number of halogens is 1. The fourth-order valence-corrected chi connectivity index (χ4v) is 3.41. The summed E-state index contributed by atoms with van der Waals surface area (Å²) in [7, 11) is 0. The Morgan fingerprint density at radius 3 is 2.12 bits per heavy atom. The van der Waals surface area contributed by atoms with Crippen LogP contribution in [0.2, 0.25) is 0 Å². The van der Waals surface area contributed by atoms with Gasteiger partial charge in [-0.2, -0.15) is 0 Å². The first-order chi connectivity index (χ1) is 12.6. The molecule has 3 nitrogen and oxygen atoms in total. The maximum atomic E-state index is 11.2. The van der Waals surface area contributed by atoms with Crippen molar-refractivity contribution < 1.29 is 14.6 Å². The summed E-state index contributed by atoms with van der Waals surface area (Å²) >= 11 is 3.51. The van der Waals surface area contributed by atoms with Crippen molar-refractivity contribution in [2.24, 2.45) is 0 Å². The third kappa shape index (κ3) is 4.81. The lowest BCUT2D eigenvalue weighted by Gasteiger charge is -2.20. The van der Waals surface area contributed by atoms with Gasteiger partial charge in [0.15, 0.2) is 0 Å². The van der Waals surface area contributed by atoms with Gasteiger partial charge in [0.2, 0.25) is 0 Å². The fraction of sp³-hybridized carbons (Fsp3) is 0.136. The van der Waals surface area contributed by atoms with E-state index in [0.29, 0.717) is 13.0 Å². The van der Waals surface area contributed by atoms with Crippen molar-refractivity contribution in [2.45, 2.75) is 19.1 Å². The first-order valence-electron chi connectivity index (χ1n) is 8.35. The van der Waals surface area contributed by atoms with Gasteiger partial charge in [0.1, 0.15) is 0 Å². The SMILES string of the molecule is O=C(O)c1ccc(C(Cc2ccccc2)OCc2ccccc2)c(Br)c1. The fourth-order valence-electron chi connectivity index (χ4n) is 2.78. The Bertz CT molecular complexity index is 863. The highest BCUT2D eigenvalue weighted by atomic mass is 79.9. The molecule has 1 N–H and O–H groups in total. The lowest BCUT2D eigenvalue weighted by molar-refractivity contribution is 0.0394. The van der Waals surface area contributed by atoms with Gasteiger partial charge >= 0.3 is 5.97 Å². The summed E-state index contributed by atoms with van der Waals surface area (Å²) < 4.78 is 6.96. The molecule has 3 aromatic rings. The van der Waals surface area contributed by atoms with Gasteiger partial charge < -0.3 is 9.84 Å². The number of benzene rings is 3. The molecule has 3 aromatic carbocycles. The van der Waals surface area contributed by atoms with E-state index in [1.54, 1.807) is 12.1 Å². The van der Waals surface area contributed by atoms with Crippen molar-refractivity contribution in [1.29, 1.82) is 0 Å². The zero-order valence-corrected chi connectivity index (χ0v) is 15.7. The van der Waals surface area contributed by atoms with Crippen molar-refractivity contribution in [3.05, 3.63) is 106 Å². The van der Waals surface area contributed by atoms with Crippen LogP contribution >= 0.6 is 15.9 Å². The monoisotopic (exact) mass is 410 g/mol. The molecule has 0 spiro atoms. The third-order valence-corrected chi connectivity index (χ3v) is 4.84. The van der Waals surface area contributed by atoms with Crippen molar-refractivity contribution >= 4 is 21.9 Å². The maximum Gasteiger partial charge on any atom is 0.335 e. The van der Waals surface area contributed by atoms with Gasteiger partial charge in [-0.15, -0.1) is 0 Å². The van der Waals surface area contributed by atoms with E-state index in [9.17, 15) is 9.90 Å². The van der Waals surface area contributed by atoms with Crippen molar-refractivity contribution in [1.82, 2.24) is 0 Å². The molecule has 0 aliphatic rings. The number of rotatable bonds is 7. The van der Waals surface area contributed by atoms with Gasteiger partial charge in [-0.25, -0.2) is 4.79 Å². The molecule has 0 amide bonds. The van der Waals surface area contributed by atoms with Gasteiger partial charge in [-0.1, -0.05) is 82.7 Å². The minimum absolute atomic E-state index is 0.185. The van der Waals surface area contributed by atoms with E-state index in [0.717, 1.165) is 15.6 Å². The largest absolute Gasteiger partial charge is 0.478 e. The highest BCUT2D eigenvalue weighted by Crippen LogP contribution is 2.31. The van der Waals surface area contributed by atoms with Crippen LogP contribution in [0, 0.1) is 0 Å². The van der Waals surface area contributed by atoms with Crippen LogP contribution in [-0.2, 0) is 17.8 Å². The number of carboxylic acids is 1. The van der Waals surface area contributed by atoms with Crippen LogP contribution in [0.1, 0.15) is 33.2 Å². The number of aromatic carboxylic acids is 1. The van der Waals surface area contributed by atoms with Crippen LogP contribution in [0.25, 0.3) is 0 Å². The molecule has 0 aliphatic heterocycles. The Hall–Kier alpha value is -2.43. The predicted molar refractivity (Wildman–Crippen MR) is 105 cm³/mol. The zero-order chi connectivity index (χ0) is 18.4. The summed E-state index contributed by atoms with van der Waals surface area (Å²) in [6.07, 6.45) is 0.522. The van der Waals surface area contributed by atoms with E-state index in [2.05, 4.69) is 28.1 Å². The number of carboxylic acid groups (broad SMARTS) is 1. The molecule has 0 saturated heterocycles. The van der Waals surface area contributed by atoms with Crippen LogP contribution in [0.3, 0.4) is 0 Å². The van der Waals surface area contributed by atoms with E-state index in [1.807, 2.05) is 54.6 Å². The molecular formula is C22H19BrO3. The molecule has 0 heterocycles. The van der Waals surface area contributed by atoms with Crippen molar-refractivity contribution in [2.75, 3.05) is 0 Å². The van der Waals surface area contributed by atoms with Crippen LogP contribution in [0.15, 0.2) is 83.3 Å². The highest BCUT2D eigenvalue weighted by Gasteiger charge is 2.18. The third-order valence-electron chi connectivity index (χ3n) is 4.15. The number of hydrogen-bond acceptors (Lipinski definition) is 2. The van der Waals surface area contributed by atoms with Crippen LogP contribution in [-0.4, -0.2) is 11.1 Å². The van der Waals surface area contributed by atoms with Crippen LogP contribution in [0.5, 0.6) is 0 Å². The second-order valence-corrected chi connectivity index (χ2v) is 6.87. The molecule has 0 aromatic heterocycles. The minimum Gasteiger partial charge on any atom is -0.478 e. The molecule has 0 aliphatic carbocycles. The Labute approximate surface area is 161 Å². The van der Waals surface area contributed by atoms with Crippen LogP contribution < -0.4 is 0 Å². The van der Waals surface area contributed by atoms with Crippen LogP contribution in [0.4, 0.5) is 0 Å². The van der Waals surface area contributed by atoms with E-state index < -0.39 is 5.97 Å². The second kappa shape index (κ2) is 8.79. The number of carbonyl (C=O) groups is 1.